The SMILES string of the molecule is I.NC(=NCCCC1CCCCO1)NC1CCCCCC1. The molecule has 124 valence electrons. The zero-order valence-corrected chi connectivity index (χ0v) is 15.5. The van der Waals surface area contributed by atoms with Gasteiger partial charge in [-0.2, -0.15) is 0 Å². The van der Waals surface area contributed by atoms with Crippen LogP contribution in [0, 0.1) is 0 Å². The first kappa shape index (κ1) is 19.0. The smallest absolute Gasteiger partial charge is 0.188 e. The Hall–Kier alpha value is -0.0400. The van der Waals surface area contributed by atoms with Crippen LogP contribution >= 0.6 is 24.0 Å². The largest absolute Gasteiger partial charge is 0.378 e. The molecule has 1 aliphatic carbocycles. The van der Waals surface area contributed by atoms with Crippen LogP contribution in [0.25, 0.3) is 0 Å². The monoisotopic (exact) mass is 409 g/mol. The molecule has 0 spiro atoms. The van der Waals surface area contributed by atoms with E-state index < -0.39 is 0 Å². The summed E-state index contributed by atoms with van der Waals surface area (Å²) in [5, 5.41) is 3.39. The molecule has 2 aliphatic rings. The quantitative estimate of drug-likeness (QED) is 0.240. The number of ether oxygens (including phenoxy) is 1. The Morgan fingerprint density at radius 3 is 2.43 bits per heavy atom. The van der Waals surface area contributed by atoms with Gasteiger partial charge in [-0.15, -0.1) is 24.0 Å². The summed E-state index contributed by atoms with van der Waals surface area (Å²) in [6.45, 7) is 1.77. The van der Waals surface area contributed by atoms with Crippen LogP contribution in [-0.2, 0) is 4.74 Å². The first-order chi connectivity index (χ1) is 9.84. The molecule has 0 bridgehead atoms. The Balaban J connectivity index is 0.00000220. The molecule has 1 atom stereocenters. The van der Waals surface area contributed by atoms with Gasteiger partial charge in [-0.3, -0.25) is 4.99 Å². The summed E-state index contributed by atoms with van der Waals surface area (Å²) >= 11 is 0. The Morgan fingerprint density at radius 2 is 1.76 bits per heavy atom. The third kappa shape index (κ3) is 8.24. The Morgan fingerprint density at radius 1 is 1.05 bits per heavy atom. The zero-order chi connectivity index (χ0) is 14.0. The molecule has 1 unspecified atom stereocenters. The Labute approximate surface area is 146 Å². The van der Waals surface area contributed by atoms with E-state index in [4.69, 9.17) is 10.5 Å². The number of aliphatic imine (C=N–C) groups is 1. The van der Waals surface area contributed by atoms with Crippen molar-refractivity contribution in [2.45, 2.75) is 82.8 Å². The lowest BCUT2D eigenvalue weighted by molar-refractivity contribution is 0.0105. The van der Waals surface area contributed by atoms with Gasteiger partial charge in [0.05, 0.1) is 6.10 Å². The minimum absolute atomic E-state index is 0. The van der Waals surface area contributed by atoms with Gasteiger partial charge >= 0.3 is 0 Å². The molecule has 4 nitrogen and oxygen atoms in total. The number of nitrogens with zero attached hydrogens (tertiary/aromatic N) is 1. The van der Waals surface area contributed by atoms with Gasteiger partial charge in [-0.1, -0.05) is 25.7 Å². The van der Waals surface area contributed by atoms with Gasteiger partial charge in [-0.25, -0.2) is 0 Å². The van der Waals surface area contributed by atoms with Crippen molar-refractivity contribution in [1.29, 1.82) is 0 Å². The van der Waals surface area contributed by atoms with E-state index in [1.165, 1.54) is 57.8 Å². The topological polar surface area (TPSA) is 59.6 Å². The maximum absolute atomic E-state index is 5.98. The van der Waals surface area contributed by atoms with Crippen LogP contribution in [0.15, 0.2) is 4.99 Å². The van der Waals surface area contributed by atoms with E-state index in [-0.39, 0.29) is 24.0 Å². The summed E-state index contributed by atoms with van der Waals surface area (Å²) in [6.07, 6.45) is 14.3. The molecule has 0 aromatic heterocycles. The average Bonchev–Trinajstić information content (AvgIpc) is 2.73. The zero-order valence-electron chi connectivity index (χ0n) is 13.2. The van der Waals surface area contributed by atoms with Gasteiger partial charge < -0.3 is 15.8 Å². The van der Waals surface area contributed by atoms with Crippen molar-refractivity contribution in [3.63, 3.8) is 0 Å². The van der Waals surface area contributed by atoms with E-state index in [1.54, 1.807) is 0 Å². The van der Waals surface area contributed by atoms with Crippen molar-refractivity contribution in [2.24, 2.45) is 10.7 Å². The maximum atomic E-state index is 5.98. The summed E-state index contributed by atoms with van der Waals surface area (Å²) in [5.74, 6) is 0.640. The molecule has 0 aromatic carbocycles. The van der Waals surface area contributed by atoms with Gasteiger partial charge in [0.1, 0.15) is 0 Å². The molecule has 0 radical (unpaired) electrons. The van der Waals surface area contributed by atoms with Crippen molar-refractivity contribution < 1.29 is 4.74 Å². The maximum Gasteiger partial charge on any atom is 0.188 e. The summed E-state index contributed by atoms with van der Waals surface area (Å²) in [6, 6.07) is 0.544. The summed E-state index contributed by atoms with van der Waals surface area (Å²) in [4.78, 5) is 4.46. The van der Waals surface area contributed by atoms with Crippen molar-refractivity contribution in [3.8, 4) is 0 Å². The van der Waals surface area contributed by atoms with Crippen LogP contribution in [0.1, 0.15) is 70.6 Å². The number of hydrogen-bond acceptors (Lipinski definition) is 2. The number of halogens is 1. The van der Waals surface area contributed by atoms with Crippen LogP contribution in [0.3, 0.4) is 0 Å². The molecule has 21 heavy (non-hydrogen) atoms. The van der Waals surface area contributed by atoms with Gasteiger partial charge in [-0.05, 0) is 44.9 Å². The van der Waals surface area contributed by atoms with E-state index in [9.17, 15) is 0 Å². The fourth-order valence-corrected chi connectivity index (χ4v) is 3.23. The Bertz CT molecular complexity index is 285. The lowest BCUT2D eigenvalue weighted by atomic mass is 10.1. The second kappa shape index (κ2) is 11.5. The normalized spacial score (nSPS) is 25.0. The highest BCUT2D eigenvalue weighted by molar-refractivity contribution is 14.0. The molecule has 1 aliphatic heterocycles. The van der Waals surface area contributed by atoms with Gasteiger partial charge in [0.15, 0.2) is 5.96 Å². The van der Waals surface area contributed by atoms with E-state index >= 15 is 0 Å². The van der Waals surface area contributed by atoms with Crippen LogP contribution in [0.2, 0.25) is 0 Å². The predicted molar refractivity (Wildman–Crippen MR) is 99.4 cm³/mol. The number of nitrogens with two attached hydrogens (primary N) is 1. The summed E-state index contributed by atoms with van der Waals surface area (Å²) in [5.41, 5.74) is 5.98. The standard InChI is InChI=1S/C16H31N3O.HI/c17-16(19-14-8-3-1-2-4-9-14)18-12-7-11-15-10-5-6-13-20-15;/h14-15H,1-13H2,(H3,17,18,19);1H. The predicted octanol–water partition coefficient (Wildman–Crippen LogP) is 3.58. The highest BCUT2D eigenvalue weighted by atomic mass is 127. The third-order valence-electron chi connectivity index (χ3n) is 4.45. The molecule has 0 aromatic rings. The van der Waals surface area contributed by atoms with E-state index in [1.807, 2.05) is 0 Å². The lowest BCUT2D eigenvalue weighted by Crippen LogP contribution is -2.39. The van der Waals surface area contributed by atoms with Crippen LogP contribution in [0.4, 0.5) is 0 Å². The van der Waals surface area contributed by atoms with Crippen LogP contribution in [0.5, 0.6) is 0 Å². The van der Waals surface area contributed by atoms with E-state index in [2.05, 4.69) is 10.3 Å². The molecular formula is C16H32IN3O. The molecule has 1 saturated carbocycles. The highest BCUT2D eigenvalue weighted by Crippen LogP contribution is 2.17. The second-order valence-electron chi connectivity index (χ2n) is 6.23. The summed E-state index contributed by atoms with van der Waals surface area (Å²) in [7, 11) is 0. The van der Waals surface area contributed by atoms with Crippen molar-refractivity contribution >= 4 is 29.9 Å². The fraction of sp³-hybridized carbons (Fsp3) is 0.938. The van der Waals surface area contributed by atoms with Crippen molar-refractivity contribution in [3.05, 3.63) is 0 Å². The second-order valence-corrected chi connectivity index (χ2v) is 6.23. The highest BCUT2D eigenvalue weighted by Gasteiger charge is 2.13. The number of rotatable bonds is 5. The van der Waals surface area contributed by atoms with E-state index in [0.29, 0.717) is 18.1 Å². The number of nitrogens with one attached hydrogen (secondary N) is 1. The van der Waals surface area contributed by atoms with Crippen molar-refractivity contribution in [2.75, 3.05) is 13.2 Å². The third-order valence-corrected chi connectivity index (χ3v) is 4.45. The minimum Gasteiger partial charge on any atom is -0.378 e. The molecule has 1 saturated heterocycles. The molecule has 2 fully saturated rings. The molecule has 3 N–H and O–H groups in total. The van der Waals surface area contributed by atoms with Crippen molar-refractivity contribution in [1.82, 2.24) is 5.32 Å². The first-order valence-electron chi connectivity index (χ1n) is 8.52. The number of hydrogen-bond donors (Lipinski definition) is 2. The molecule has 0 amide bonds. The number of guanidine groups is 1. The van der Waals surface area contributed by atoms with Gasteiger partial charge in [0, 0.05) is 19.2 Å². The minimum atomic E-state index is 0. The molecule has 5 heteroatoms. The summed E-state index contributed by atoms with van der Waals surface area (Å²) < 4.78 is 5.73. The average molecular weight is 409 g/mol. The molecular weight excluding hydrogens is 377 g/mol. The van der Waals surface area contributed by atoms with Gasteiger partial charge in [0.2, 0.25) is 0 Å². The van der Waals surface area contributed by atoms with Gasteiger partial charge in [0.25, 0.3) is 0 Å². The van der Waals surface area contributed by atoms with Crippen LogP contribution in [-0.4, -0.2) is 31.3 Å². The Kier molecular flexibility index (Phi) is 10.4. The first-order valence-corrected chi connectivity index (χ1v) is 8.52. The van der Waals surface area contributed by atoms with E-state index in [0.717, 1.165) is 26.0 Å². The molecule has 1 heterocycles. The molecule has 2 rings (SSSR count). The lowest BCUT2D eigenvalue weighted by Gasteiger charge is -2.22. The van der Waals surface area contributed by atoms with Crippen LogP contribution < -0.4 is 11.1 Å². The fourth-order valence-electron chi connectivity index (χ4n) is 3.23.